The minimum Gasteiger partial charge on any atom is -0.356 e. The van der Waals surface area contributed by atoms with Gasteiger partial charge < -0.3 is 20.1 Å². The van der Waals surface area contributed by atoms with Crippen molar-refractivity contribution in [3.05, 3.63) is 36.0 Å². The fourth-order valence-corrected chi connectivity index (χ4v) is 3.09. The third-order valence-corrected chi connectivity index (χ3v) is 4.89. The van der Waals surface area contributed by atoms with Gasteiger partial charge in [-0.2, -0.15) is 0 Å². The van der Waals surface area contributed by atoms with Gasteiger partial charge in [0, 0.05) is 38.9 Å². The van der Waals surface area contributed by atoms with Crippen LogP contribution in [0.2, 0.25) is 0 Å². The van der Waals surface area contributed by atoms with E-state index in [9.17, 15) is 0 Å². The number of halogens is 1. The van der Waals surface area contributed by atoms with Crippen LogP contribution in [0.25, 0.3) is 0 Å². The number of guanidine groups is 1. The van der Waals surface area contributed by atoms with E-state index in [4.69, 9.17) is 4.99 Å². The average Bonchev–Trinajstić information content (AvgIpc) is 3.28. The molecule has 0 radical (unpaired) electrons. The Morgan fingerprint density at radius 1 is 1.32 bits per heavy atom. The Morgan fingerprint density at radius 2 is 2.18 bits per heavy atom. The lowest BCUT2D eigenvalue weighted by atomic mass is 10.3. The lowest BCUT2D eigenvalue weighted by Gasteiger charge is -2.19. The van der Waals surface area contributed by atoms with Gasteiger partial charge in [-0.15, -0.1) is 34.2 Å². The van der Waals surface area contributed by atoms with Gasteiger partial charge in [0.2, 0.25) is 0 Å². The Balaban J connectivity index is 0.00000280. The van der Waals surface area contributed by atoms with E-state index in [1.54, 1.807) is 0 Å². The first-order valence-electron chi connectivity index (χ1n) is 9.73. The molecule has 0 bridgehead atoms. The minimum atomic E-state index is 0. The third kappa shape index (κ3) is 6.05. The molecule has 1 aliphatic heterocycles. The molecule has 0 aliphatic carbocycles. The van der Waals surface area contributed by atoms with Crippen molar-refractivity contribution >= 4 is 35.8 Å². The SMILES string of the molecule is CCCCNC(=NCc1nnc(C)n1C)NC1CCN(c2ccccn2)C1.I. The first kappa shape index (κ1) is 22.4. The maximum atomic E-state index is 4.74. The summed E-state index contributed by atoms with van der Waals surface area (Å²) in [6, 6.07) is 6.39. The van der Waals surface area contributed by atoms with Crippen molar-refractivity contribution in [1.82, 2.24) is 30.4 Å². The lowest BCUT2D eigenvalue weighted by Crippen LogP contribution is -2.45. The predicted molar refractivity (Wildman–Crippen MR) is 123 cm³/mol. The van der Waals surface area contributed by atoms with E-state index in [1.807, 2.05) is 36.9 Å². The van der Waals surface area contributed by atoms with Crippen molar-refractivity contribution < 1.29 is 0 Å². The smallest absolute Gasteiger partial charge is 0.191 e. The van der Waals surface area contributed by atoms with E-state index < -0.39 is 0 Å². The molecule has 1 atom stereocenters. The zero-order valence-corrected chi connectivity index (χ0v) is 19.3. The fourth-order valence-electron chi connectivity index (χ4n) is 3.09. The summed E-state index contributed by atoms with van der Waals surface area (Å²) in [7, 11) is 1.97. The molecule has 1 unspecified atom stereocenters. The summed E-state index contributed by atoms with van der Waals surface area (Å²) < 4.78 is 1.98. The van der Waals surface area contributed by atoms with Crippen LogP contribution in [-0.2, 0) is 13.6 Å². The quantitative estimate of drug-likeness (QED) is 0.264. The Hall–Kier alpha value is -1.91. The minimum absolute atomic E-state index is 0. The van der Waals surface area contributed by atoms with Crippen LogP contribution in [0.4, 0.5) is 5.82 Å². The lowest BCUT2D eigenvalue weighted by molar-refractivity contribution is 0.636. The van der Waals surface area contributed by atoms with Crippen molar-refractivity contribution in [2.24, 2.45) is 12.0 Å². The van der Waals surface area contributed by atoms with Gasteiger partial charge in [-0.25, -0.2) is 9.98 Å². The number of pyridine rings is 1. The van der Waals surface area contributed by atoms with Gasteiger partial charge in [0.25, 0.3) is 0 Å². The van der Waals surface area contributed by atoms with E-state index >= 15 is 0 Å². The van der Waals surface area contributed by atoms with Crippen molar-refractivity contribution in [3.63, 3.8) is 0 Å². The Morgan fingerprint density at radius 3 is 2.86 bits per heavy atom. The highest BCUT2D eigenvalue weighted by atomic mass is 127. The van der Waals surface area contributed by atoms with Crippen molar-refractivity contribution in [2.45, 2.75) is 45.7 Å². The summed E-state index contributed by atoms with van der Waals surface area (Å²) >= 11 is 0. The van der Waals surface area contributed by atoms with Crippen LogP contribution >= 0.6 is 24.0 Å². The number of anilines is 1. The molecule has 2 aromatic rings. The van der Waals surface area contributed by atoms with E-state index in [0.29, 0.717) is 12.6 Å². The molecular weight excluding hydrogens is 467 g/mol. The van der Waals surface area contributed by atoms with Gasteiger partial charge in [-0.05, 0) is 31.9 Å². The molecule has 3 heterocycles. The fraction of sp³-hybridized carbons (Fsp3) is 0.579. The normalized spacial score (nSPS) is 16.8. The highest BCUT2D eigenvalue weighted by Gasteiger charge is 2.24. The van der Waals surface area contributed by atoms with Crippen LogP contribution in [-0.4, -0.2) is 51.4 Å². The molecule has 3 rings (SSSR count). The van der Waals surface area contributed by atoms with Gasteiger partial charge in [0.15, 0.2) is 11.8 Å². The van der Waals surface area contributed by atoms with Crippen LogP contribution < -0.4 is 15.5 Å². The van der Waals surface area contributed by atoms with Crippen LogP contribution in [0.1, 0.15) is 37.8 Å². The van der Waals surface area contributed by atoms with Crippen LogP contribution in [0.15, 0.2) is 29.4 Å². The number of rotatable bonds is 7. The van der Waals surface area contributed by atoms with E-state index in [-0.39, 0.29) is 24.0 Å². The van der Waals surface area contributed by atoms with Crippen LogP contribution in [0, 0.1) is 6.92 Å². The topological polar surface area (TPSA) is 83.3 Å². The van der Waals surface area contributed by atoms with Crippen molar-refractivity contribution in [3.8, 4) is 0 Å². The molecule has 0 saturated carbocycles. The van der Waals surface area contributed by atoms with Gasteiger partial charge in [-0.3, -0.25) is 0 Å². The molecule has 28 heavy (non-hydrogen) atoms. The molecular formula is C19H31IN8. The second kappa shape index (κ2) is 11.2. The summed E-state index contributed by atoms with van der Waals surface area (Å²) in [5.74, 6) is 3.65. The Bertz CT molecular complexity index is 746. The third-order valence-electron chi connectivity index (χ3n) is 4.89. The van der Waals surface area contributed by atoms with Crippen LogP contribution in [0.5, 0.6) is 0 Å². The molecule has 1 aliphatic rings. The summed E-state index contributed by atoms with van der Waals surface area (Å²) in [5.41, 5.74) is 0. The van der Waals surface area contributed by atoms with Gasteiger partial charge in [0.1, 0.15) is 18.2 Å². The summed E-state index contributed by atoms with van der Waals surface area (Å²) in [4.78, 5) is 11.5. The Kier molecular flexibility index (Phi) is 8.94. The maximum absolute atomic E-state index is 4.74. The zero-order valence-electron chi connectivity index (χ0n) is 16.9. The molecule has 2 aromatic heterocycles. The van der Waals surface area contributed by atoms with Crippen LogP contribution in [0.3, 0.4) is 0 Å². The van der Waals surface area contributed by atoms with E-state index in [1.165, 1.54) is 0 Å². The molecule has 0 spiro atoms. The summed E-state index contributed by atoms with van der Waals surface area (Å²) in [6.07, 6.45) is 5.18. The number of aryl methyl sites for hydroxylation is 1. The molecule has 0 aromatic carbocycles. The Labute approximate surface area is 184 Å². The van der Waals surface area contributed by atoms with Gasteiger partial charge in [-0.1, -0.05) is 19.4 Å². The number of aliphatic imine (C=N–C) groups is 1. The molecule has 8 nitrogen and oxygen atoms in total. The highest BCUT2D eigenvalue weighted by Crippen LogP contribution is 2.17. The van der Waals surface area contributed by atoms with E-state index in [2.05, 4.69) is 43.7 Å². The zero-order chi connectivity index (χ0) is 19.1. The number of unbranched alkanes of at least 4 members (excludes halogenated alkanes) is 1. The largest absolute Gasteiger partial charge is 0.356 e. The maximum Gasteiger partial charge on any atom is 0.191 e. The second-order valence-electron chi connectivity index (χ2n) is 6.93. The number of hydrogen-bond acceptors (Lipinski definition) is 5. The van der Waals surface area contributed by atoms with Crippen molar-refractivity contribution in [2.75, 3.05) is 24.5 Å². The van der Waals surface area contributed by atoms with Crippen molar-refractivity contribution in [1.29, 1.82) is 0 Å². The first-order valence-corrected chi connectivity index (χ1v) is 9.73. The van der Waals surface area contributed by atoms with Gasteiger partial charge >= 0.3 is 0 Å². The first-order chi connectivity index (χ1) is 13.2. The number of aromatic nitrogens is 4. The number of nitrogens with one attached hydrogen (secondary N) is 2. The average molecular weight is 498 g/mol. The monoisotopic (exact) mass is 498 g/mol. The predicted octanol–water partition coefficient (Wildman–Crippen LogP) is 2.25. The second-order valence-corrected chi connectivity index (χ2v) is 6.93. The molecule has 154 valence electrons. The highest BCUT2D eigenvalue weighted by molar-refractivity contribution is 14.0. The van der Waals surface area contributed by atoms with Gasteiger partial charge in [0.05, 0.1) is 0 Å². The molecule has 1 saturated heterocycles. The molecule has 0 amide bonds. The molecule has 2 N–H and O–H groups in total. The van der Waals surface area contributed by atoms with E-state index in [0.717, 1.165) is 62.3 Å². The molecule has 1 fully saturated rings. The standard InChI is InChI=1S/C19H30N8.HI/c1-4-5-10-21-19(22-13-18-25-24-15(2)26(18)3)23-16-9-12-27(14-16)17-8-6-7-11-20-17;/h6-8,11,16H,4-5,9-10,12-14H2,1-3H3,(H2,21,22,23);1H. The number of hydrogen-bond donors (Lipinski definition) is 2. The summed E-state index contributed by atoms with van der Waals surface area (Å²) in [6.45, 7) is 7.49. The number of nitrogens with zero attached hydrogens (tertiary/aromatic N) is 6. The molecule has 9 heteroatoms. The summed E-state index contributed by atoms with van der Waals surface area (Å²) in [5, 5.41) is 15.3.